The molecule has 0 saturated heterocycles. The van der Waals surface area contributed by atoms with E-state index in [1.165, 1.54) is 4.90 Å². The van der Waals surface area contributed by atoms with Crippen LogP contribution in [0.3, 0.4) is 0 Å². The van der Waals surface area contributed by atoms with Gasteiger partial charge in [0, 0.05) is 18.3 Å². The fourth-order valence-corrected chi connectivity index (χ4v) is 4.05. The quantitative estimate of drug-likeness (QED) is 0.498. The molecule has 0 aromatic heterocycles. The number of carbonyl (C=O) groups excluding carboxylic acids is 2. The topological polar surface area (TPSA) is 49.9 Å². The number of imide groups is 1. The monoisotopic (exact) mass is 440 g/mol. The Kier molecular flexibility index (Phi) is 5.81. The minimum absolute atomic E-state index is 0.0307. The van der Waals surface area contributed by atoms with Crippen LogP contribution in [0.4, 0.5) is 11.4 Å². The van der Waals surface area contributed by atoms with Crippen LogP contribution in [0.25, 0.3) is 5.57 Å². The van der Waals surface area contributed by atoms with Crippen molar-refractivity contribution in [2.75, 3.05) is 24.0 Å². The molecule has 0 spiro atoms. The molecule has 1 aliphatic rings. The molecule has 0 aliphatic carbocycles. The van der Waals surface area contributed by atoms with Crippen LogP contribution in [0.15, 0.2) is 84.6 Å². The summed E-state index contributed by atoms with van der Waals surface area (Å²) in [5, 5.41) is 0. The second-order valence-electron chi connectivity index (χ2n) is 9.06. The molecule has 0 saturated carbocycles. The van der Waals surface area contributed by atoms with Gasteiger partial charge in [-0.3, -0.25) is 9.59 Å². The first-order valence-corrected chi connectivity index (χ1v) is 10.9. The van der Waals surface area contributed by atoms with Crippen LogP contribution >= 0.6 is 0 Å². The predicted octanol–water partition coefficient (Wildman–Crippen LogP) is 5.41. The Morgan fingerprint density at radius 3 is 2.00 bits per heavy atom. The van der Waals surface area contributed by atoms with Crippen LogP contribution in [-0.2, 0) is 15.0 Å². The average molecular weight is 441 g/mol. The van der Waals surface area contributed by atoms with E-state index in [0.29, 0.717) is 28.3 Å². The van der Waals surface area contributed by atoms with Crippen LogP contribution in [0.1, 0.15) is 31.9 Å². The molecule has 5 nitrogen and oxygen atoms in total. The van der Waals surface area contributed by atoms with Gasteiger partial charge in [-0.05, 0) is 41.3 Å². The Labute approximate surface area is 194 Å². The lowest BCUT2D eigenvalue weighted by atomic mass is 9.87. The largest absolute Gasteiger partial charge is 0.496 e. The molecule has 1 aliphatic heterocycles. The van der Waals surface area contributed by atoms with Gasteiger partial charge in [-0.15, -0.1) is 0 Å². The minimum Gasteiger partial charge on any atom is -0.496 e. The number of benzene rings is 3. The number of nitrogens with zero attached hydrogens (tertiary/aromatic N) is 2. The third kappa shape index (κ3) is 4.02. The molecular formula is C28H28N2O3. The smallest absolute Gasteiger partial charge is 0.282 e. The van der Waals surface area contributed by atoms with Gasteiger partial charge in [0.15, 0.2) is 0 Å². The van der Waals surface area contributed by atoms with Gasteiger partial charge in [0.05, 0.1) is 18.4 Å². The van der Waals surface area contributed by atoms with Crippen molar-refractivity contribution in [1.82, 2.24) is 0 Å². The highest BCUT2D eigenvalue weighted by atomic mass is 16.5. The van der Waals surface area contributed by atoms with Gasteiger partial charge in [0.1, 0.15) is 11.4 Å². The molecule has 0 radical (unpaired) electrons. The summed E-state index contributed by atoms with van der Waals surface area (Å²) in [4.78, 5) is 30.6. The Morgan fingerprint density at radius 1 is 0.788 bits per heavy atom. The van der Waals surface area contributed by atoms with Crippen molar-refractivity contribution < 1.29 is 14.3 Å². The first-order chi connectivity index (χ1) is 15.7. The second-order valence-corrected chi connectivity index (χ2v) is 9.06. The van der Waals surface area contributed by atoms with E-state index in [1.807, 2.05) is 72.8 Å². The Balaban J connectivity index is 1.86. The fraction of sp³-hybridized carbons (Fsp3) is 0.214. The van der Waals surface area contributed by atoms with Crippen LogP contribution in [-0.4, -0.2) is 26.0 Å². The Bertz CT molecular complexity index is 1220. The molecule has 4 rings (SSSR count). The summed E-state index contributed by atoms with van der Waals surface area (Å²) in [6.07, 6.45) is 0. The van der Waals surface area contributed by atoms with Crippen molar-refractivity contribution in [3.05, 3.63) is 95.7 Å². The van der Waals surface area contributed by atoms with E-state index in [1.54, 1.807) is 25.1 Å². The lowest BCUT2D eigenvalue weighted by Gasteiger charge is -2.23. The van der Waals surface area contributed by atoms with Crippen molar-refractivity contribution in [2.24, 2.45) is 0 Å². The molecule has 5 heteroatoms. The highest BCUT2D eigenvalue weighted by molar-refractivity contribution is 6.46. The molecule has 2 amide bonds. The molecular weight excluding hydrogens is 412 g/mol. The SMILES string of the molecule is COc1ccccc1C1=C(N(C)c2ccccc2)C(=O)N(c2ccc(C(C)(C)C)cc2)C1=O. The van der Waals surface area contributed by atoms with Crippen molar-refractivity contribution in [3.8, 4) is 5.75 Å². The maximum atomic E-state index is 13.8. The normalized spacial score (nSPS) is 14.2. The van der Waals surface area contributed by atoms with Crippen molar-refractivity contribution in [1.29, 1.82) is 0 Å². The summed E-state index contributed by atoms with van der Waals surface area (Å²) >= 11 is 0. The van der Waals surface area contributed by atoms with E-state index in [2.05, 4.69) is 20.8 Å². The molecule has 0 fully saturated rings. The van der Waals surface area contributed by atoms with E-state index < -0.39 is 0 Å². The highest BCUT2D eigenvalue weighted by Gasteiger charge is 2.43. The van der Waals surface area contributed by atoms with Gasteiger partial charge >= 0.3 is 0 Å². The number of amides is 2. The van der Waals surface area contributed by atoms with Gasteiger partial charge in [-0.25, -0.2) is 4.90 Å². The number of carbonyl (C=O) groups is 2. The number of ether oxygens (including phenoxy) is 1. The van der Waals surface area contributed by atoms with Crippen molar-refractivity contribution in [2.45, 2.75) is 26.2 Å². The number of hydrogen-bond donors (Lipinski definition) is 0. The second kappa shape index (κ2) is 8.58. The number of rotatable bonds is 5. The van der Waals surface area contributed by atoms with E-state index in [0.717, 1.165) is 11.3 Å². The first-order valence-electron chi connectivity index (χ1n) is 10.9. The Hall–Kier alpha value is -3.86. The Morgan fingerprint density at radius 2 is 1.39 bits per heavy atom. The molecule has 168 valence electrons. The van der Waals surface area contributed by atoms with Gasteiger partial charge in [0.25, 0.3) is 11.8 Å². The number of hydrogen-bond acceptors (Lipinski definition) is 4. The number of likely N-dealkylation sites (N-methyl/N-ethyl adjacent to an activating group) is 1. The van der Waals surface area contributed by atoms with Gasteiger partial charge in [0.2, 0.25) is 0 Å². The van der Waals surface area contributed by atoms with E-state index in [-0.39, 0.29) is 17.2 Å². The van der Waals surface area contributed by atoms with E-state index in [9.17, 15) is 9.59 Å². The lowest BCUT2D eigenvalue weighted by Crippen LogP contribution is -2.34. The summed E-state index contributed by atoms with van der Waals surface area (Å²) in [6.45, 7) is 6.38. The zero-order valence-corrected chi connectivity index (χ0v) is 19.6. The van der Waals surface area contributed by atoms with Crippen LogP contribution < -0.4 is 14.5 Å². The summed E-state index contributed by atoms with van der Waals surface area (Å²) in [6, 6.07) is 24.4. The van der Waals surface area contributed by atoms with Gasteiger partial charge < -0.3 is 9.64 Å². The molecule has 3 aromatic carbocycles. The van der Waals surface area contributed by atoms with Crippen LogP contribution in [0.2, 0.25) is 0 Å². The van der Waals surface area contributed by atoms with Crippen LogP contribution in [0, 0.1) is 0 Å². The van der Waals surface area contributed by atoms with Gasteiger partial charge in [-0.2, -0.15) is 0 Å². The zero-order valence-electron chi connectivity index (χ0n) is 19.6. The standard InChI is InChI=1S/C28H28N2O3/c1-28(2,3)19-15-17-21(18-16-19)30-26(31)24(22-13-9-10-14-23(22)33-5)25(27(30)32)29(4)20-11-7-6-8-12-20/h6-18H,1-5H3. The average Bonchev–Trinajstić information content (AvgIpc) is 3.08. The summed E-state index contributed by atoms with van der Waals surface area (Å²) in [7, 11) is 3.36. The zero-order chi connectivity index (χ0) is 23.8. The maximum Gasteiger partial charge on any atom is 0.282 e. The third-order valence-corrected chi connectivity index (χ3v) is 5.91. The lowest BCUT2D eigenvalue weighted by molar-refractivity contribution is -0.120. The highest BCUT2D eigenvalue weighted by Crippen LogP contribution is 2.39. The predicted molar refractivity (Wildman–Crippen MR) is 132 cm³/mol. The molecule has 0 atom stereocenters. The fourth-order valence-electron chi connectivity index (χ4n) is 4.05. The molecule has 33 heavy (non-hydrogen) atoms. The number of para-hydroxylation sites is 2. The molecule has 0 bridgehead atoms. The van der Waals surface area contributed by atoms with Crippen LogP contribution in [0.5, 0.6) is 5.75 Å². The van der Waals surface area contributed by atoms with E-state index in [4.69, 9.17) is 4.74 Å². The summed E-state index contributed by atoms with van der Waals surface area (Å²) in [5.41, 5.74) is 3.68. The molecule has 0 N–H and O–H groups in total. The van der Waals surface area contributed by atoms with Crippen molar-refractivity contribution >= 4 is 28.8 Å². The number of anilines is 2. The molecule has 1 heterocycles. The van der Waals surface area contributed by atoms with Crippen molar-refractivity contribution in [3.63, 3.8) is 0 Å². The van der Waals surface area contributed by atoms with Gasteiger partial charge in [-0.1, -0.05) is 69.3 Å². The third-order valence-electron chi connectivity index (χ3n) is 5.91. The molecule has 3 aromatic rings. The summed E-state index contributed by atoms with van der Waals surface area (Å²) < 4.78 is 5.53. The summed E-state index contributed by atoms with van der Waals surface area (Å²) in [5.74, 6) is -0.195. The number of methoxy groups -OCH3 is 1. The first kappa shape index (κ1) is 22.3. The maximum absolute atomic E-state index is 13.8. The van der Waals surface area contributed by atoms with E-state index >= 15 is 0 Å². The molecule has 0 unspecified atom stereocenters. The minimum atomic E-state index is -0.370.